The van der Waals surface area contributed by atoms with Gasteiger partial charge in [0.25, 0.3) is 0 Å². The van der Waals surface area contributed by atoms with Crippen LogP contribution in [0.15, 0.2) is 54.0 Å². The monoisotopic (exact) mass is 293 g/mol. The van der Waals surface area contributed by atoms with Gasteiger partial charge < -0.3 is 0 Å². The normalized spacial score (nSPS) is 10.6. The first-order valence-electron chi connectivity index (χ1n) is 6.77. The van der Waals surface area contributed by atoms with Gasteiger partial charge in [-0.2, -0.15) is 0 Å². The summed E-state index contributed by atoms with van der Waals surface area (Å²) in [5.74, 6) is 0.0482. The average molecular weight is 293 g/mol. The average Bonchev–Trinajstić information content (AvgIpc) is 2.96. The summed E-state index contributed by atoms with van der Waals surface area (Å²) in [4.78, 5) is 17.9. The van der Waals surface area contributed by atoms with E-state index in [1.165, 1.54) is 11.3 Å². The molecule has 0 saturated heterocycles. The maximum atomic E-state index is 12.8. The van der Waals surface area contributed by atoms with Gasteiger partial charge in [-0.05, 0) is 25.5 Å². The molecule has 0 aliphatic heterocycles. The van der Waals surface area contributed by atoms with Crippen molar-refractivity contribution in [3.63, 3.8) is 0 Å². The molecule has 0 aliphatic carbocycles. The number of benzene rings is 2. The Morgan fingerprint density at radius 3 is 2.62 bits per heavy atom. The summed E-state index contributed by atoms with van der Waals surface area (Å²) in [6.45, 7) is 4.00. The Bertz CT molecular complexity index is 804. The maximum Gasteiger partial charge on any atom is 0.205 e. The van der Waals surface area contributed by atoms with E-state index in [1.807, 2.05) is 56.3 Å². The zero-order valence-electron chi connectivity index (χ0n) is 12.0. The fourth-order valence-electron chi connectivity index (χ4n) is 2.36. The maximum absolute atomic E-state index is 12.8. The predicted molar refractivity (Wildman–Crippen MR) is 86.9 cm³/mol. The molecule has 0 atom stereocenters. The number of carbonyl (C=O) groups excluding carboxylic acids is 1. The Morgan fingerprint density at radius 2 is 1.86 bits per heavy atom. The van der Waals surface area contributed by atoms with Crippen molar-refractivity contribution in [2.45, 2.75) is 13.8 Å². The quantitative estimate of drug-likeness (QED) is 0.657. The van der Waals surface area contributed by atoms with Crippen molar-refractivity contribution in [1.82, 2.24) is 4.98 Å². The minimum Gasteiger partial charge on any atom is -0.288 e. The molecule has 0 bridgehead atoms. The van der Waals surface area contributed by atoms with Gasteiger partial charge in [-0.1, -0.05) is 48.0 Å². The molecular weight excluding hydrogens is 278 g/mol. The third-order valence-corrected chi connectivity index (χ3v) is 4.28. The molecule has 0 unspecified atom stereocenters. The van der Waals surface area contributed by atoms with E-state index >= 15 is 0 Å². The van der Waals surface area contributed by atoms with Crippen molar-refractivity contribution in [3.8, 4) is 11.3 Å². The molecule has 2 nitrogen and oxygen atoms in total. The third kappa shape index (κ3) is 2.65. The standard InChI is InChI=1S/C18H15NOS/c1-12-6-5-8-14(10-12)16-18(21-11-19-16)17(20)15-9-4-3-7-13(15)2/h3-11H,1-2H3. The molecule has 21 heavy (non-hydrogen) atoms. The number of aromatic nitrogens is 1. The van der Waals surface area contributed by atoms with E-state index in [0.717, 1.165) is 27.9 Å². The van der Waals surface area contributed by atoms with Crippen molar-refractivity contribution in [2.24, 2.45) is 0 Å². The third-order valence-electron chi connectivity index (χ3n) is 3.45. The summed E-state index contributed by atoms with van der Waals surface area (Å²) >= 11 is 1.40. The number of nitrogens with zero attached hydrogens (tertiary/aromatic N) is 1. The van der Waals surface area contributed by atoms with Crippen molar-refractivity contribution in [3.05, 3.63) is 75.6 Å². The van der Waals surface area contributed by atoms with E-state index < -0.39 is 0 Å². The highest BCUT2D eigenvalue weighted by Gasteiger charge is 2.19. The smallest absolute Gasteiger partial charge is 0.205 e. The Hall–Kier alpha value is -2.26. The molecule has 104 valence electrons. The summed E-state index contributed by atoms with van der Waals surface area (Å²) in [6, 6.07) is 15.8. The van der Waals surface area contributed by atoms with Crippen LogP contribution < -0.4 is 0 Å². The van der Waals surface area contributed by atoms with E-state index in [4.69, 9.17) is 0 Å². The van der Waals surface area contributed by atoms with Crippen molar-refractivity contribution >= 4 is 17.1 Å². The van der Waals surface area contributed by atoms with Gasteiger partial charge in [-0.25, -0.2) is 4.98 Å². The van der Waals surface area contributed by atoms with E-state index in [0.29, 0.717) is 4.88 Å². The van der Waals surface area contributed by atoms with Gasteiger partial charge in [0.05, 0.1) is 11.2 Å². The molecule has 3 rings (SSSR count). The predicted octanol–water partition coefficient (Wildman–Crippen LogP) is 4.66. The van der Waals surface area contributed by atoms with Gasteiger partial charge >= 0.3 is 0 Å². The molecule has 0 amide bonds. The van der Waals surface area contributed by atoms with Gasteiger partial charge in [0.15, 0.2) is 0 Å². The summed E-state index contributed by atoms with van der Waals surface area (Å²) < 4.78 is 0. The van der Waals surface area contributed by atoms with E-state index in [9.17, 15) is 4.79 Å². The molecule has 1 heterocycles. The second kappa shape index (κ2) is 5.62. The van der Waals surface area contributed by atoms with Crippen molar-refractivity contribution in [2.75, 3.05) is 0 Å². The first-order chi connectivity index (χ1) is 10.2. The second-order valence-electron chi connectivity index (χ2n) is 5.04. The van der Waals surface area contributed by atoms with Crippen molar-refractivity contribution in [1.29, 1.82) is 0 Å². The fraction of sp³-hybridized carbons (Fsp3) is 0.111. The van der Waals surface area contributed by atoms with Gasteiger partial charge in [0, 0.05) is 11.1 Å². The first kappa shape index (κ1) is 13.7. The lowest BCUT2D eigenvalue weighted by Gasteiger charge is -2.05. The summed E-state index contributed by atoms with van der Waals surface area (Å²) in [6.07, 6.45) is 0. The molecule has 0 saturated carbocycles. The van der Waals surface area contributed by atoms with Gasteiger partial charge in [0.2, 0.25) is 5.78 Å². The molecule has 3 aromatic rings. The molecule has 0 radical (unpaired) electrons. The number of hydrogen-bond acceptors (Lipinski definition) is 3. The van der Waals surface area contributed by atoms with Crippen LogP contribution in [0, 0.1) is 13.8 Å². The Kier molecular flexibility index (Phi) is 3.67. The SMILES string of the molecule is Cc1cccc(-c2ncsc2C(=O)c2ccccc2C)c1. The number of thiazole rings is 1. The number of hydrogen-bond donors (Lipinski definition) is 0. The molecular formula is C18H15NOS. The largest absolute Gasteiger partial charge is 0.288 e. The topological polar surface area (TPSA) is 30.0 Å². The van der Waals surface area contributed by atoms with E-state index in [1.54, 1.807) is 5.51 Å². The molecule has 0 fully saturated rings. The van der Waals surface area contributed by atoms with Crippen LogP contribution in [0.1, 0.15) is 26.4 Å². The number of ketones is 1. The highest BCUT2D eigenvalue weighted by molar-refractivity contribution is 7.12. The highest BCUT2D eigenvalue weighted by atomic mass is 32.1. The lowest BCUT2D eigenvalue weighted by atomic mass is 10.0. The summed E-state index contributed by atoms with van der Waals surface area (Å²) in [5, 5.41) is 0. The van der Waals surface area contributed by atoms with Crippen LogP contribution in [-0.2, 0) is 0 Å². The van der Waals surface area contributed by atoms with Crippen LogP contribution in [0.3, 0.4) is 0 Å². The summed E-state index contributed by atoms with van der Waals surface area (Å²) in [5.41, 5.74) is 6.41. The lowest BCUT2D eigenvalue weighted by Crippen LogP contribution is -2.03. The molecule has 3 heteroatoms. The zero-order valence-corrected chi connectivity index (χ0v) is 12.8. The Morgan fingerprint density at radius 1 is 1.05 bits per heavy atom. The number of carbonyl (C=O) groups is 1. The van der Waals surface area contributed by atoms with Crippen LogP contribution in [0.25, 0.3) is 11.3 Å². The van der Waals surface area contributed by atoms with Crippen LogP contribution >= 0.6 is 11.3 Å². The molecule has 0 N–H and O–H groups in total. The van der Waals surface area contributed by atoms with E-state index in [2.05, 4.69) is 11.1 Å². The summed E-state index contributed by atoms with van der Waals surface area (Å²) in [7, 11) is 0. The molecule has 2 aromatic carbocycles. The van der Waals surface area contributed by atoms with Crippen LogP contribution in [0.2, 0.25) is 0 Å². The van der Waals surface area contributed by atoms with Crippen LogP contribution in [-0.4, -0.2) is 10.8 Å². The number of rotatable bonds is 3. The fourth-order valence-corrected chi connectivity index (χ4v) is 3.12. The van der Waals surface area contributed by atoms with Gasteiger partial charge in [0.1, 0.15) is 4.88 Å². The van der Waals surface area contributed by atoms with Gasteiger partial charge in [-0.3, -0.25) is 4.79 Å². The zero-order chi connectivity index (χ0) is 14.8. The van der Waals surface area contributed by atoms with Crippen molar-refractivity contribution < 1.29 is 4.79 Å². The Labute approximate surface area is 128 Å². The number of aryl methyl sites for hydroxylation is 2. The lowest BCUT2D eigenvalue weighted by molar-refractivity contribution is 0.104. The molecule has 0 spiro atoms. The molecule has 1 aromatic heterocycles. The van der Waals surface area contributed by atoms with Crippen LogP contribution in [0.5, 0.6) is 0 Å². The van der Waals surface area contributed by atoms with Gasteiger partial charge in [-0.15, -0.1) is 11.3 Å². The minimum atomic E-state index is 0.0482. The minimum absolute atomic E-state index is 0.0482. The van der Waals surface area contributed by atoms with E-state index in [-0.39, 0.29) is 5.78 Å². The highest BCUT2D eigenvalue weighted by Crippen LogP contribution is 2.28. The first-order valence-corrected chi connectivity index (χ1v) is 7.65. The Balaban J connectivity index is 2.08. The molecule has 0 aliphatic rings. The second-order valence-corrected chi connectivity index (χ2v) is 5.90. The van der Waals surface area contributed by atoms with Crippen LogP contribution in [0.4, 0.5) is 0 Å².